The normalized spacial score (nSPS) is 28.2. The lowest BCUT2D eigenvalue weighted by Crippen LogP contribution is -2.19. The molecule has 0 amide bonds. The highest BCUT2D eigenvalue weighted by Gasteiger charge is 2.27. The number of imidazole rings is 1. The lowest BCUT2D eigenvalue weighted by atomic mass is 10.2. The Bertz CT molecular complexity index is 282. The second kappa shape index (κ2) is 3.50. The Balaban J connectivity index is 2.23. The zero-order chi connectivity index (χ0) is 9.26. The van der Waals surface area contributed by atoms with Crippen LogP contribution in [0, 0.1) is 0 Å². The lowest BCUT2D eigenvalue weighted by molar-refractivity contribution is 0.135. The summed E-state index contributed by atoms with van der Waals surface area (Å²) in [7, 11) is 0. The maximum absolute atomic E-state index is 9.73. The highest BCUT2D eigenvalue weighted by Crippen LogP contribution is 2.30. The Hall–Kier alpha value is -0.830. The summed E-state index contributed by atoms with van der Waals surface area (Å²) in [5, 5.41) is 9.73. The summed E-state index contributed by atoms with van der Waals surface area (Å²) in [5.41, 5.74) is 0. The topological polar surface area (TPSA) is 38.0 Å². The van der Waals surface area contributed by atoms with E-state index in [0.717, 1.165) is 31.5 Å². The van der Waals surface area contributed by atoms with E-state index in [2.05, 4.69) is 16.5 Å². The molecule has 0 spiro atoms. The molecular weight excluding hydrogens is 164 g/mol. The number of rotatable bonds is 2. The van der Waals surface area contributed by atoms with Gasteiger partial charge in [-0.05, 0) is 19.3 Å². The predicted molar refractivity (Wildman–Crippen MR) is 50.5 cm³/mol. The summed E-state index contributed by atoms with van der Waals surface area (Å²) in [4.78, 5) is 4.27. The molecule has 72 valence electrons. The van der Waals surface area contributed by atoms with Crippen LogP contribution in [0.4, 0.5) is 0 Å². The third kappa shape index (κ3) is 1.48. The lowest BCUT2D eigenvalue weighted by Gasteiger charge is -2.18. The molecule has 1 aliphatic carbocycles. The Morgan fingerprint density at radius 1 is 1.62 bits per heavy atom. The van der Waals surface area contributed by atoms with Gasteiger partial charge in [-0.25, -0.2) is 4.98 Å². The number of aromatic nitrogens is 2. The number of aryl methyl sites for hydroxylation is 1. The van der Waals surface area contributed by atoms with Gasteiger partial charge in [0, 0.05) is 18.8 Å². The second-order valence-corrected chi connectivity index (χ2v) is 3.67. The molecule has 1 aromatic rings. The molecule has 1 N–H and O–H groups in total. The first-order valence-electron chi connectivity index (χ1n) is 5.02. The Kier molecular flexibility index (Phi) is 2.36. The van der Waals surface area contributed by atoms with Crippen molar-refractivity contribution >= 4 is 0 Å². The summed E-state index contributed by atoms with van der Waals surface area (Å²) < 4.78 is 2.14. The summed E-state index contributed by atoms with van der Waals surface area (Å²) in [6, 6.07) is 0.275. The van der Waals surface area contributed by atoms with E-state index in [9.17, 15) is 5.11 Å². The van der Waals surface area contributed by atoms with Crippen LogP contribution < -0.4 is 0 Å². The second-order valence-electron chi connectivity index (χ2n) is 3.67. The van der Waals surface area contributed by atoms with Crippen LogP contribution in [0.2, 0.25) is 0 Å². The molecular formula is C10H16N2O. The molecule has 1 fully saturated rings. The van der Waals surface area contributed by atoms with Gasteiger partial charge < -0.3 is 9.67 Å². The van der Waals surface area contributed by atoms with Crippen LogP contribution in [0.25, 0.3) is 0 Å². The van der Waals surface area contributed by atoms with Crippen molar-refractivity contribution < 1.29 is 5.11 Å². The fourth-order valence-electron chi connectivity index (χ4n) is 2.17. The Morgan fingerprint density at radius 3 is 3.08 bits per heavy atom. The first-order valence-corrected chi connectivity index (χ1v) is 5.02. The first-order chi connectivity index (χ1) is 6.33. The number of hydrogen-bond acceptors (Lipinski definition) is 2. The van der Waals surface area contributed by atoms with Gasteiger partial charge in [-0.3, -0.25) is 0 Å². The average Bonchev–Trinajstić information content (AvgIpc) is 2.71. The number of nitrogens with zero attached hydrogens (tertiary/aromatic N) is 2. The molecule has 2 unspecified atom stereocenters. The van der Waals surface area contributed by atoms with Crippen LogP contribution in [-0.4, -0.2) is 20.8 Å². The van der Waals surface area contributed by atoms with Crippen LogP contribution in [0.3, 0.4) is 0 Å². The van der Waals surface area contributed by atoms with Crippen LogP contribution in [-0.2, 0) is 6.42 Å². The van der Waals surface area contributed by atoms with Crippen molar-refractivity contribution in [3.05, 3.63) is 18.2 Å². The highest BCUT2D eigenvalue weighted by molar-refractivity contribution is 4.98. The molecule has 3 nitrogen and oxygen atoms in total. The quantitative estimate of drug-likeness (QED) is 0.749. The molecule has 2 rings (SSSR count). The summed E-state index contributed by atoms with van der Waals surface area (Å²) in [6.07, 6.45) is 7.74. The monoisotopic (exact) mass is 180 g/mol. The number of aliphatic hydroxyl groups is 1. The van der Waals surface area contributed by atoms with Gasteiger partial charge in [-0.15, -0.1) is 0 Å². The fourth-order valence-corrected chi connectivity index (χ4v) is 2.17. The van der Waals surface area contributed by atoms with E-state index in [1.54, 1.807) is 0 Å². The van der Waals surface area contributed by atoms with Crippen molar-refractivity contribution in [1.82, 2.24) is 9.55 Å². The molecule has 13 heavy (non-hydrogen) atoms. The predicted octanol–water partition coefficient (Wildman–Crippen LogP) is 1.53. The van der Waals surface area contributed by atoms with Gasteiger partial charge in [0.25, 0.3) is 0 Å². The number of aliphatic hydroxyl groups excluding tert-OH is 1. The van der Waals surface area contributed by atoms with E-state index in [0.29, 0.717) is 0 Å². The fraction of sp³-hybridized carbons (Fsp3) is 0.700. The van der Waals surface area contributed by atoms with E-state index >= 15 is 0 Å². The molecule has 1 aliphatic rings. The van der Waals surface area contributed by atoms with Crippen molar-refractivity contribution in [3.63, 3.8) is 0 Å². The average molecular weight is 180 g/mol. The molecule has 1 aromatic heterocycles. The van der Waals surface area contributed by atoms with Gasteiger partial charge in [-0.1, -0.05) is 6.92 Å². The minimum atomic E-state index is -0.167. The molecule has 1 heterocycles. The van der Waals surface area contributed by atoms with E-state index in [1.165, 1.54) is 0 Å². The van der Waals surface area contributed by atoms with E-state index in [-0.39, 0.29) is 12.1 Å². The van der Waals surface area contributed by atoms with Gasteiger partial charge in [0.15, 0.2) is 0 Å². The molecule has 0 radical (unpaired) electrons. The van der Waals surface area contributed by atoms with Crippen molar-refractivity contribution in [3.8, 4) is 0 Å². The summed E-state index contributed by atoms with van der Waals surface area (Å²) in [6.45, 7) is 2.10. The smallest absolute Gasteiger partial charge is 0.108 e. The highest BCUT2D eigenvalue weighted by atomic mass is 16.3. The van der Waals surface area contributed by atoms with Gasteiger partial charge in [0.2, 0.25) is 0 Å². The maximum Gasteiger partial charge on any atom is 0.108 e. The molecule has 0 bridgehead atoms. The van der Waals surface area contributed by atoms with Crippen LogP contribution in [0.1, 0.15) is 38.1 Å². The van der Waals surface area contributed by atoms with Crippen molar-refractivity contribution in [2.75, 3.05) is 0 Å². The third-order valence-electron chi connectivity index (χ3n) is 2.87. The molecule has 0 saturated heterocycles. The molecule has 2 atom stereocenters. The van der Waals surface area contributed by atoms with Gasteiger partial charge >= 0.3 is 0 Å². The zero-order valence-electron chi connectivity index (χ0n) is 7.98. The first kappa shape index (κ1) is 8.75. The molecule has 3 heteroatoms. The summed E-state index contributed by atoms with van der Waals surface area (Å²) in [5.74, 6) is 1.09. The summed E-state index contributed by atoms with van der Waals surface area (Å²) >= 11 is 0. The maximum atomic E-state index is 9.73. The third-order valence-corrected chi connectivity index (χ3v) is 2.87. The standard InChI is InChI=1S/C10H16N2O/c1-2-10-11-6-7-12(10)8-4-3-5-9(8)13/h6-9,13H,2-5H2,1H3. The Morgan fingerprint density at radius 2 is 2.46 bits per heavy atom. The minimum absolute atomic E-state index is 0.167. The van der Waals surface area contributed by atoms with Crippen molar-refractivity contribution in [2.24, 2.45) is 0 Å². The van der Waals surface area contributed by atoms with Crippen molar-refractivity contribution in [2.45, 2.75) is 44.8 Å². The molecule has 1 saturated carbocycles. The van der Waals surface area contributed by atoms with Gasteiger partial charge in [0.05, 0.1) is 12.1 Å². The van der Waals surface area contributed by atoms with Gasteiger partial charge in [-0.2, -0.15) is 0 Å². The molecule has 0 aromatic carbocycles. The van der Waals surface area contributed by atoms with Crippen LogP contribution in [0.5, 0.6) is 0 Å². The van der Waals surface area contributed by atoms with E-state index < -0.39 is 0 Å². The van der Waals surface area contributed by atoms with Crippen LogP contribution >= 0.6 is 0 Å². The van der Waals surface area contributed by atoms with Crippen molar-refractivity contribution in [1.29, 1.82) is 0 Å². The van der Waals surface area contributed by atoms with E-state index in [1.807, 2.05) is 12.4 Å². The largest absolute Gasteiger partial charge is 0.391 e. The SMILES string of the molecule is CCc1nccn1C1CCCC1O. The number of hydrogen-bond donors (Lipinski definition) is 1. The minimum Gasteiger partial charge on any atom is -0.391 e. The zero-order valence-corrected chi connectivity index (χ0v) is 7.98. The van der Waals surface area contributed by atoms with E-state index in [4.69, 9.17) is 0 Å². The van der Waals surface area contributed by atoms with Gasteiger partial charge in [0.1, 0.15) is 5.82 Å². The Labute approximate surface area is 78.4 Å². The van der Waals surface area contributed by atoms with Crippen LogP contribution in [0.15, 0.2) is 12.4 Å². The molecule has 0 aliphatic heterocycles.